The van der Waals surface area contributed by atoms with E-state index in [-0.39, 0.29) is 6.42 Å². The van der Waals surface area contributed by atoms with Crippen LogP contribution in [0.5, 0.6) is 0 Å². The summed E-state index contributed by atoms with van der Waals surface area (Å²) >= 11 is 0. The van der Waals surface area contributed by atoms with E-state index in [9.17, 15) is 4.79 Å². The summed E-state index contributed by atoms with van der Waals surface area (Å²) < 4.78 is 1.60. The predicted octanol–water partition coefficient (Wildman–Crippen LogP) is 0.600. The maximum Gasteiger partial charge on any atom is 0.303 e. The van der Waals surface area contributed by atoms with E-state index in [2.05, 4.69) is 20.5 Å². The number of rotatable bonds is 5. The first kappa shape index (κ1) is 11.2. The molecule has 0 unspecified atom stereocenters. The van der Waals surface area contributed by atoms with Gasteiger partial charge in [0.15, 0.2) is 5.82 Å². The second kappa shape index (κ2) is 5.15. The summed E-state index contributed by atoms with van der Waals surface area (Å²) in [6, 6.07) is 3.61. The molecule has 88 valence electrons. The number of aromatic nitrogens is 5. The second-order valence-electron chi connectivity index (χ2n) is 3.46. The average Bonchev–Trinajstić information content (AvgIpc) is 2.78. The number of hydrogen-bond acceptors (Lipinski definition) is 5. The van der Waals surface area contributed by atoms with Crippen molar-refractivity contribution in [1.29, 1.82) is 0 Å². The highest BCUT2D eigenvalue weighted by atomic mass is 16.4. The van der Waals surface area contributed by atoms with Crippen molar-refractivity contribution in [3.63, 3.8) is 0 Å². The number of carboxylic acid groups (broad SMARTS) is 1. The fourth-order valence-corrected chi connectivity index (χ4v) is 1.44. The zero-order valence-electron chi connectivity index (χ0n) is 9.02. The third kappa shape index (κ3) is 2.83. The Labute approximate surface area is 97.1 Å². The molecular formula is C10H11N5O2. The van der Waals surface area contributed by atoms with Crippen molar-refractivity contribution < 1.29 is 9.90 Å². The Hall–Kier alpha value is -2.31. The highest BCUT2D eigenvalue weighted by Crippen LogP contribution is 2.14. The molecule has 0 aliphatic heterocycles. The van der Waals surface area contributed by atoms with Crippen LogP contribution in [0.2, 0.25) is 0 Å². The molecule has 7 nitrogen and oxygen atoms in total. The van der Waals surface area contributed by atoms with Crippen LogP contribution in [0.25, 0.3) is 11.4 Å². The summed E-state index contributed by atoms with van der Waals surface area (Å²) in [5.41, 5.74) is 0.861. The fraction of sp³-hybridized carbons (Fsp3) is 0.300. The molecule has 1 N–H and O–H groups in total. The Balaban J connectivity index is 2.10. The first-order valence-corrected chi connectivity index (χ1v) is 5.16. The summed E-state index contributed by atoms with van der Waals surface area (Å²) in [5, 5.41) is 19.9. The number of nitrogens with zero attached hydrogens (tertiary/aromatic N) is 5. The topological polar surface area (TPSA) is 93.8 Å². The van der Waals surface area contributed by atoms with E-state index in [4.69, 9.17) is 5.11 Å². The van der Waals surface area contributed by atoms with Gasteiger partial charge in [0.1, 0.15) is 0 Å². The molecule has 2 heterocycles. The minimum atomic E-state index is -0.816. The average molecular weight is 233 g/mol. The van der Waals surface area contributed by atoms with Crippen LogP contribution in [0, 0.1) is 0 Å². The lowest BCUT2D eigenvalue weighted by Crippen LogP contribution is -2.05. The van der Waals surface area contributed by atoms with Crippen molar-refractivity contribution in [3.05, 3.63) is 24.5 Å². The van der Waals surface area contributed by atoms with Crippen LogP contribution in [-0.4, -0.2) is 36.3 Å². The molecule has 7 heteroatoms. The standard InChI is InChI=1S/C10H11N5O2/c16-9(17)2-1-7-15-10(12-13-14-15)8-3-5-11-6-4-8/h3-6H,1-2,7H2,(H,16,17). The van der Waals surface area contributed by atoms with E-state index in [1.165, 1.54) is 0 Å². The van der Waals surface area contributed by atoms with Gasteiger partial charge in [-0.25, -0.2) is 4.68 Å². The highest BCUT2D eigenvalue weighted by molar-refractivity contribution is 5.66. The molecule has 0 atom stereocenters. The van der Waals surface area contributed by atoms with Crippen molar-refractivity contribution in [3.8, 4) is 11.4 Å². The van der Waals surface area contributed by atoms with Gasteiger partial charge >= 0.3 is 5.97 Å². The third-order valence-electron chi connectivity index (χ3n) is 2.23. The quantitative estimate of drug-likeness (QED) is 0.812. The molecule has 0 aliphatic carbocycles. The molecule has 0 aromatic carbocycles. The third-order valence-corrected chi connectivity index (χ3v) is 2.23. The van der Waals surface area contributed by atoms with Gasteiger partial charge in [-0.1, -0.05) is 0 Å². The van der Waals surface area contributed by atoms with Gasteiger partial charge in [0.05, 0.1) is 0 Å². The van der Waals surface area contributed by atoms with Crippen molar-refractivity contribution in [2.24, 2.45) is 0 Å². The maximum absolute atomic E-state index is 10.4. The number of pyridine rings is 1. The van der Waals surface area contributed by atoms with Crippen molar-refractivity contribution in [2.75, 3.05) is 0 Å². The Morgan fingerprint density at radius 2 is 2.12 bits per heavy atom. The Morgan fingerprint density at radius 3 is 2.82 bits per heavy atom. The Morgan fingerprint density at radius 1 is 1.35 bits per heavy atom. The fourth-order valence-electron chi connectivity index (χ4n) is 1.44. The van der Waals surface area contributed by atoms with Gasteiger partial charge in [-0.05, 0) is 29.0 Å². The molecule has 0 spiro atoms. The summed E-state index contributed by atoms with van der Waals surface area (Å²) in [4.78, 5) is 14.3. The lowest BCUT2D eigenvalue weighted by molar-refractivity contribution is -0.137. The molecular weight excluding hydrogens is 222 g/mol. The van der Waals surface area contributed by atoms with Crippen LogP contribution < -0.4 is 0 Å². The number of hydrogen-bond donors (Lipinski definition) is 1. The van der Waals surface area contributed by atoms with E-state index in [0.717, 1.165) is 5.56 Å². The van der Waals surface area contributed by atoms with Crippen LogP contribution in [0.1, 0.15) is 12.8 Å². The summed E-state index contributed by atoms with van der Waals surface area (Å²) in [7, 11) is 0. The van der Waals surface area contributed by atoms with Gasteiger partial charge in [0.25, 0.3) is 0 Å². The van der Waals surface area contributed by atoms with Crippen LogP contribution in [0.3, 0.4) is 0 Å². The zero-order valence-corrected chi connectivity index (χ0v) is 9.02. The molecule has 2 rings (SSSR count). The van der Waals surface area contributed by atoms with E-state index in [1.54, 1.807) is 29.2 Å². The summed E-state index contributed by atoms with van der Waals surface area (Å²) in [6.07, 6.45) is 3.92. The smallest absolute Gasteiger partial charge is 0.303 e. The predicted molar refractivity (Wildman–Crippen MR) is 57.9 cm³/mol. The van der Waals surface area contributed by atoms with E-state index in [1.807, 2.05) is 0 Å². The zero-order chi connectivity index (χ0) is 12.1. The number of carbonyl (C=O) groups is 1. The van der Waals surface area contributed by atoms with Crippen LogP contribution in [0.4, 0.5) is 0 Å². The summed E-state index contributed by atoms with van der Waals surface area (Å²) in [5.74, 6) is -0.193. The van der Waals surface area contributed by atoms with Crippen molar-refractivity contribution in [1.82, 2.24) is 25.2 Å². The number of aliphatic carboxylic acids is 1. The highest BCUT2D eigenvalue weighted by Gasteiger charge is 2.08. The molecule has 0 radical (unpaired) electrons. The lowest BCUT2D eigenvalue weighted by atomic mass is 10.2. The first-order valence-electron chi connectivity index (χ1n) is 5.16. The molecule has 0 amide bonds. The number of tetrazole rings is 1. The lowest BCUT2D eigenvalue weighted by Gasteiger charge is -2.02. The SMILES string of the molecule is O=C(O)CCCn1nnnc1-c1ccncc1. The van der Waals surface area contributed by atoms with Gasteiger partial charge in [-0.2, -0.15) is 0 Å². The van der Waals surface area contributed by atoms with Crippen molar-refractivity contribution in [2.45, 2.75) is 19.4 Å². The second-order valence-corrected chi connectivity index (χ2v) is 3.46. The van der Waals surface area contributed by atoms with Crippen LogP contribution in [0.15, 0.2) is 24.5 Å². The minimum absolute atomic E-state index is 0.107. The molecule has 17 heavy (non-hydrogen) atoms. The van der Waals surface area contributed by atoms with Gasteiger partial charge < -0.3 is 5.11 Å². The molecule has 0 bridgehead atoms. The minimum Gasteiger partial charge on any atom is -0.481 e. The largest absolute Gasteiger partial charge is 0.481 e. The molecule has 2 aromatic heterocycles. The van der Waals surface area contributed by atoms with E-state index in [0.29, 0.717) is 18.8 Å². The number of aryl methyl sites for hydroxylation is 1. The summed E-state index contributed by atoms with van der Waals surface area (Å²) in [6.45, 7) is 0.483. The van der Waals surface area contributed by atoms with Crippen molar-refractivity contribution >= 4 is 5.97 Å². The molecule has 2 aromatic rings. The molecule has 0 fully saturated rings. The molecule has 0 saturated carbocycles. The Bertz CT molecular complexity index is 496. The first-order chi connectivity index (χ1) is 8.27. The van der Waals surface area contributed by atoms with Gasteiger partial charge in [0.2, 0.25) is 0 Å². The van der Waals surface area contributed by atoms with Gasteiger partial charge in [-0.3, -0.25) is 9.78 Å². The Kier molecular flexibility index (Phi) is 3.39. The van der Waals surface area contributed by atoms with Gasteiger partial charge in [-0.15, -0.1) is 5.10 Å². The van der Waals surface area contributed by atoms with E-state index >= 15 is 0 Å². The molecule has 0 saturated heterocycles. The van der Waals surface area contributed by atoms with Crippen LogP contribution >= 0.6 is 0 Å². The van der Waals surface area contributed by atoms with E-state index < -0.39 is 5.97 Å². The monoisotopic (exact) mass is 233 g/mol. The molecule has 0 aliphatic rings. The van der Waals surface area contributed by atoms with Crippen LogP contribution in [-0.2, 0) is 11.3 Å². The normalized spacial score (nSPS) is 10.4. The van der Waals surface area contributed by atoms with Gasteiger partial charge in [0, 0.05) is 30.9 Å². The maximum atomic E-state index is 10.4. The number of carboxylic acids is 1.